The Morgan fingerprint density at radius 1 is 1.47 bits per heavy atom. The number of nitrogens with zero attached hydrogens (tertiary/aromatic N) is 4. The smallest absolute Gasteiger partial charge is 0.202 e. The number of imidazole rings is 1. The van der Waals surface area contributed by atoms with Gasteiger partial charge in [-0.15, -0.1) is 0 Å². The van der Waals surface area contributed by atoms with Gasteiger partial charge in [0.2, 0.25) is 5.95 Å². The zero-order valence-corrected chi connectivity index (χ0v) is 11.6. The van der Waals surface area contributed by atoms with Crippen LogP contribution in [0.25, 0.3) is 11.2 Å². The number of hydrogen-bond acceptors (Lipinski definition) is 4. The van der Waals surface area contributed by atoms with Crippen LogP contribution in [0.2, 0.25) is 0 Å². The quantitative estimate of drug-likeness (QED) is 0.910. The van der Waals surface area contributed by atoms with E-state index in [0.717, 1.165) is 36.4 Å². The van der Waals surface area contributed by atoms with Gasteiger partial charge in [0, 0.05) is 19.3 Å². The van der Waals surface area contributed by atoms with Crippen LogP contribution in [0.1, 0.15) is 18.9 Å². The minimum Gasteiger partial charge on any atom is -0.369 e. The Balaban J connectivity index is 1.86. The first-order chi connectivity index (χ1) is 9.17. The van der Waals surface area contributed by atoms with Gasteiger partial charge in [-0.05, 0) is 44.0 Å². The normalized spacial score (nSPS) is 20.4. The van der Waals surface area contributed by atoms with Gasteiger partial charge in [0.05, 0.1) is 0 Å². The average Bonchev–Trinajstić information content (AvgIpc) is 2.95. The molecule has 2 aromatic rings. The number of anilines is 1. The summed E-state index contributed by atoms with van der Waals surface area (Å²) in [6, 6.07) is 2.04. The monoisotopic (exact) mass is 259 g/mol. The van der Waals surface area contributed by atoms with Crippen LogP contribution in [0, 0.1) is 12.8 Å². The molecule has 1 aliphatic heterocycles. The van der Waals surface area contributed by atoms with E-state index in [1.807, 2.05) is 19.2 Å². The first kappa shape index (κ1) is 12.4. The zero-order chi connectivity index (χ0) is 13.4. The molecule has 0 bridgehead atoms. The molecule has 19 heavy (non-hydrogen) atoms. The summed E-state index contributed by atoms with van der Waals surface area (Å²) >= 11 is 0. The molecule has 1 fully saturated rings. The molecule has 5 nitrogen and oxygen atoms in total. The molecule has 102 valence electrons. The molecule has 5 heteroatoms. The Bertz CT molecular complexity index is 589. The van der Waals surface area contributed by atoms with Gasteiger partial charge in [0.25, 0.3) is 0 Å². The molecule has 0 aliphatic carbocycles. The summed E-state index contributed by atoms with van der Waals surface area (Å²) in [5, 5.41) is 0. The number of aryl methyl sites for hydroxylation is 1. The molecule has 1 unspecified atom stereocenters. The van der Waals surface area contributed by atoms with Crippen molar-refractivity contribution < 1.29 is 0 Å². The van der Waals surface area contributed by atoms with Crippen LogP contribution < -0.4 is 5.73 Å². The predicted octanol–water partition coefficient (Wildman–Crippen LogP) is 1.66. The predicted molar refractivity (Wildman–Crippen MR) is 76.9 cm³/mol. The standard InChI is InChI=1S/C14H21N5/c1-3-18-5-4-11(8-18)9-19-13-12(17-14(19)15)6-10(2)7-16-13/h6-7,11H,3-5,8-9H2,1-2H3,(H2,15,17). The second-order valence-corrected chi connectivity index (χ2v) is 5.48. The van der Waals surface area contributed by atoms with Crippen molar-refractivity contribution in [1.29, 1.82) is 0 Å². The number of rotatable bonds is 3. The first-order valence-corrected chi connectivity index (χ1v) is 6.98. The first-order valence-electron chi connectivity index (χ1n) is 6.98. The summed E-state index contributed by atoms with van der Waals surface area (Å²) in [4.78, 5) is 11.4. The van der Waals surface area contributed by atoms with Crippen LogP contribution in [0.5, 0.6) is 0 Å². The molecule has 1 aliphatic rings. The van der Waals surface area contributed by atoms with Crippen LogP contribution in [0.3, 0.4) is 0 Å². The van der Waals surface area contributed by atoms with Crippen molar-refractivity contribution in [2.75, 3.05) is 25.4 Å². The van der Waals surface area contributed by atoms with Crippen molar-refractivity contribution in [2.45, 2.75) is 26.8 Å². The summed E-state index contributed by atoms with van der Waals surface area (Å²) in [5.74, 6) is 1.24. The minimum absolute atomic E-state index is 0.586. The maximum atomic E-state index is 6.05. The van der Waals surface area contributed by atoms with E-state index in [-0.39, 0.29) is 0 Å². The highest BCUT2D eigenvalue weighted by atomic mass is 15.2. The molecule has 0 radical (unpaired) electrons. The van der Waals surface area contributed by atoms with E-state index >= 15 is 0 Å². The van der Waals surface area contributed by atoms with Gasteiger partial charge in [-0.3, -0.25) is 4.57 Å². The fraction of sp³-hybridized carbons (Fsp3) is 0.571. The fourth-order valence-electron chi connectivity index (χ4n) is 2.92. The van der Waals surface area contributed by atoms with Crippen LogP contribution in [-0.4, -0.2) is 39.1 Å². The third kappa shape index (κ3) is 2.30. The average molecular weight is 259 g/mol. The van der Waals surface area contributed by atoms with Gasteiger partial charge >= 0.3 is 0 Å². The van der Waals surface area contributed by atoms with Gasteiger partial charge in [-0.1, -0.05) is 6.92 Å². The van der Waals surface area contributed by atoms with E-state index in [1.54, 1.807) is 0 Å². The van der Waals surface area contributed by atoms with E-state index in [2.05, 4.69) is 26.4 Å². The zero-order valence-electron chi connectivity index (χ0n) is 11.6. The second-order valence-electron chi connectivity index (χ2n) is 5.48. The van der Waals surface area contributed by atoms with Gasteiger partial charge in [-0.2, -0.15) is 0 Å². The molecule has 3 heterocycles. The highest BCUT2D eigenvalue weighted by Gasteiger charge is 2.23. The lowest BCUT2D eigenvalue weighted by Gasteiger charge is -2.14. The van der Waals surface area contributed by atoms with E-state index in [9.17, 15) is 0 Å². The minimum atomic E-state index is 0.586. The van der Waals surface area contributed by atoms with Crippen molar-refractivity contribution >= 4 is 17.1 Å². The molecule has 1 atom stereocenters. The van der Waals surface area contributed by atoms with E-state index < -0.39 is 0 Å². The van der Waals surface area contributed by atoms with Gasteiger partial charge in [-0.25, -0.2) is 9.97 Å². The number of aromatic nitrogens is 3. The Kier molecular flexibility index (Phi) is 3.14. The summed E-state index contributed by atoms with van der Waals surface area (Å²) < 4.78 is 2.07. The molecular formula is C14H21N5. The molecule has 0 spiro atoms. The second kappa shape index (κ2) is 4.81. The van der Waals surface area contributed by atoms with Crippen LogP contribution in [-0.2, 0) is 6.54 Å². The third-order valence-electron chi connectivity index (χ3n) is 4.01. The van der Waals surface area contributed by atoms with Gasteiger partial charge in [0.1, 0.15) is 5.52 Å². The molecule has 0 saturated carbocycles. The summed E-state index contributed by atoms with van der Waals surface area (Å²) in [5.41, 5.74) is 8.99. The van der Waals surface area contributed by atoms with Crippen LogP contribution in [0.15, 0.2) is 12.3 Å². The molecule has 0 amide bonds. The topological polar surface area (TPSA) is 60.0 Å². The van der Waals surface area contributed by atoms with Crippen molar-refractivity contribution in [3.05, 3.63) is 17.8 Å². The molecule has 1 saturated heterocycles. The third-order valence-corrected chi connectivity index (χ3v) is 4.01. The van der Waals surface area contributed by atoms with E-state index in [1.165, 1.54) is 13.0 Å². The Labute approximate surface area is 113 Å². The lowest BCUT2D eigenvalue weighted by atomic mass is 10.1. The summed E-state index contributed by atoms with van der Waals surface area (Å²) in [6.07, 6.45) is 3.12. The molecule has 0 aromatic carbocycles. The van der Waals surface area contributed by atoms with E-state index in [0.29, 0.717) is 11.9 Å². The highest BCUT2D eigenvalue weighted by Crippen LogP contribution is 2.23. The van der Waals surface area contributed by atoms with Crippen molar-refractivity contribution in [3.63, 3.8) is 0 Å². The molecule has 3 rings (SSSR count). The Morgan fingerprint density at radius 2 is 2.32 bits per heavy atom. The summed E-state index contributed by atoms with van der Waals surface area (Å²) in [6.45, 7) is 8.65. The molecule has 2 aromatic heterocycles. The largest absolute Gasteiger partial charge is 0.369 e. The lowest BCUT2D eigenvalue weighted by molar-refractivity contribution is 0.334. The van der Waals surface area contributed by atoms with Crippen molar-refractivity contribution in [3.8, 4) is 0 Å². The van der Waals surface area contributed by atoms with E-state index in [4.69, 9.17) is 5.73 Å². The molecule has 2 N–H and O–H groups in total. The van der Waals surface area contributed by atoms with Gasteiger partial charge < -0.3 is 10.6 Å². The maximum Gasteiger partial charge on any atom is 0.202 e. The maximum absolute atomic E-state index is 6.05. The van der Waals surface area contributed by atoms with Crippen LogP contribution >= 0.6 is 0 Å². The Hall–Kier alpha value is -1.62. The van der Waals surface area contributed by atoms with Gasteiger partial charge in [0.15, 0.2) is 5.65 Å². The van der Waals surface area contributed by atoms with Crippen molar-refractivity contribution in [2.24, 2.45) is 5.92 Å². The fourth-order valence-corrected chi connectivity index (χ4v) is 2.92. The lowest BCUT2D eigenvalue weighted by Crippen LogP contribution is -2.21. The summed E-state index contributed by atoms with van der Waals surface area (Å²) in [7, 11) is 0. The Morgan fingerprint density at radius 3 is 3.05 bits per heavy atom. The van der Waals surface area contributed by atoms with Crippen LogP contribution in [0.4, 0.5) is 5.95 Å². The number of nitrogens with two attached hydrogens (primary N) is 1. The number of likely N-dealkylation sites (tertiary alicyclic amines) is 1. The SMILES string of the molecule is CCN1CCC(Cn2c(N)nc3cc(C)cnc32)C1. The number of nitrogen functional groups attached to an aromatic ring is 1. The highest BCUT2D eigenvalue weighted by molar-refractivity contribution is 5.74. The van der Waals surface area contributed by atoms with Crippen molar-refractivity contribution in [1.82, 2.24) is 19.4 Å². The number of hydrogen-bond donors (Lipinski definition) is 1. The molecular weight excluding hydrogens is 238 g/mol. The number of fused-ring (bicyclic) bond motifs is 1. The number of pyridine rings is 1.